The summed E-state index contributed by atoms with van der Waals surface area (Å²) in [6, 6.07) is 5.72. The summed E-state index contributed by atoms with van der Waals surface area (Å²) in [5, 5.41) is 1.13. The normalized spacial score (nSPS) is 11.8. The molecule has 16 heavy (non-hydrogen) atoms. The van der Waals surface area contributed by atoms with Crippen molar-refractivity contribution in [3.63, 3.8) is 0 Å². The fourth-order valence-corrected chi connectivity index (χ4v) is 1.69. The van der Waals surface area contributed by atoms with Crippen LogP contribution in [-0.4, -0.2) is 6.04 Å². The molecule has 4 heteroatoms. The average Bonchev–Trinajstić information content (AvgIpc) is 2.29. The average molecular weight is 257 g/mol. The standard InChI is InChI=1S/C12H14Cl2N2/c1-2-3-4-10(16-15)7-9-5-6-11(13)12(14)8-9/h5-6,8,10,16H,4,7,15H2,1H3. The number of hydrogen-bond acceptors (Lipinski definition) is 2. The summed E-state index contributed by atoms with van der Waals surface area (Å²) in [5.74, 6) is 11.3. The largest absolute Gasteiger partial charge is 0.271 e. The molecule has 0 radical (unpaired) electrons. The van der Waals surface area contributed by atoms with Crippen molar-refractivity contribution in [3.05, 3.63) is 33.8 Å². The highest BCUT2D eigenvalue weighted by Crippen LogP contribution is 2.23. The van der Waals surface area contributed by atoms with Crippen molar-refractivity contribution in [2.75, 3.05) is 0 Å². The van der Waals surface area contributed by atoms with Crippen LogP contribution in [-0.2, 0) is 6.42 Å². The molecule has 86 valence electrons. The molecule has 0 fully saturated rings. The van der Waals surface area contributed by atoms with E-state index in [1.54, 1.807) is 6.07 Å². The number of hydrogen-bond donors (Lipinski definition) is 2. The zero-order valence-electron chi connectivity index (χ0n) is 9.06. The van der Waals surface area contributed by atoms with E-state index < -0.39 is 0 Å². The fraction of sp³-hybridized carbons (Fsp3) is 0.333. The molecule has 0 aliphatic carbocycles. The summed E-state index contributed by atoms with van der Waals surface area (Å²) in [4.78, 5) is 0. The maximum Gasteiger partial charge on any atom is 0.0595 e. The first kappa shape index (κ1) is 13.3. The van der Waals surface area contributed by atoms with Crippen LogP contribution in [0.4, 0.5) is 0 Å². The molecule has 0 aromatic heterocycles. The van der Waals surface area contributed by atoms with Crippen LogP contribution in [0, 0.1) is 11.8 Å². The number of nitrogens with two attached hydrogens (primary N) is 1. The lowest BCUT2D eigenvalue weighted by Crippen LogP contribution is -2.36. The van der Waals surface area contributed by atoms with Gasteiger partial charge in [-0.25, -0.2) is 0 Å². The molecule has 1 aromatic carbocycles. The Bertz CT molecular complexity index is 407. The fourth-order valence-electron chi connectivity index (χ4n) is 1.37. The second kappa shape index (κ2) is 6.78. The highest BCUT2D eigenvalue weighted by Gasteiger charge is 2.07. The van der Waals surface area contributed by atoms with E-state index in [9.17, 15) is 0 Å². The van der Waals surface area contributed by atoms with Gasteiger partial charge in [-0.2, -0.15) is 0 Å². The Morgan fingerprint density at radius 2 is 2.12 bits per heavy atom. The van der Waals surface area contributed by atoms with Gasteiger partial charge in [-0.3, -0.25) is 11.3 Å². The molecule has 2 nitrogen and oxygen atoms in total. The summed E-state index contributed by atoms with van der Waals surface area (Å²) in [7, 11) is 0. The van der Waals surface area contributed by atoms with E-state index in [1.807, 2.05) is 19.1 Å². The molecule has 3 N–H and O–H groups in total. The summed E-state index contributed by atoms with van der Waals surface area (Å²) in [5.41, 5.74) is 3.83. The minimum absolute atomic E-state index is 0.129. The predicted octanol–water partition coefficient (Wildman–Crippen LogP) is 2.78. The number of benzene rings is 1. The van der Waals surface area contributed by atoms with Crippen LogP contribution >= 0.6 is 23.2 Å². The molecule has 0 heterocycles. The summed E-state index contributed by atoms with van der Waals surface area (Å²) >= 11 is 11.8. The van der Waals surface area contributed by atoms with Gasteiger partial charge in [-0.15, -0.1) is 11.8 Å². The third kappa shape index (κ3) is 4.03. The molecule has 0 saturated carbocycles. The topological polar surface area (TPSA) is 38.0 Å². The highest BCUT2D eigenvalue weighted by molar-refractivity contribution is 6.42. The highest BCUT2D eigenvalue weighted by atomic mass is 35.5. The third-order valence-corrected chi connectivity index (χ3v) is 2.97. The number of halogens is 2. The number of nitrogens with one attached hydrogen (secondary N) is 1. The van der Waals surface area contributed by atoms with Crippen molar-refractivity contribution in [3.8, 4) is 11.8 Å². The van der Waals surface area contributed by atoms with Crippen LogP contribution in [0.25, 0.3) is 0 Å². The van der Waals surface area contributed by atoms with E-state index in [4.69, 9.17) is 29.0 Å². The lowest BCUT2D eigenvalue weighted by molar-refractivity contribution is 0.536. The zero-order chi connectivity index (χ0) is 12.0. The van der Waals surface area contributed by atoms with Gasteiger partial charge in [0.25, 0.3) is 0 Å². The van der Waals surface area contributed by atoms with Gasteiger partial charge in [0.15, 0.2) is 0 Å². The molecular weight excluding hydrogens is 243 g/mol. The Labute approximate surface area is 106 Å². The van der Waals surface area contributed by atoms with E-state index in [1.165, 1.54) is 0 Å². The summed E-state index contributed by atoms with van der Waals surface area (Å²) < 4.78 is 0. The molecule has 0 bridgehead atoms. The minimum Gasteiger partial charge on any atom is -0.271 e. The molecule has 0 spiro atoms. The van der Waals surface area contributed by atoms with Gasteiger partial charge < -0.3 is 0 Å². The van der Waals surface area contributed by atoms with Crippen LogP contribution in [0.3, 0.4) is 0 Å². The molecular formula is C12H14Cl2N2. The van der Waals surface area contributed by atoms with Crippen molar-refractivity contribution in [1.82, 2.24) is 5.43 Å². The SMILES string of the molecule is CC#CCC(Cc1ccc(Cl)c(Cl)c1)NN. The van der Waals surface area contributed by atoms with E-state index in [0.717, 1.165) is 12.0 Å². The first-order valence-electron chi connectivity index (χ1n) is 4.97. The summed E-state index contributed by atoms with van der Waals surface area (Å²) in [6.07, 6.45) is 1.50. The maximum absolute atomic E-state index is 5.93. The molecule has 0 aliphatic rings. The smallest absolute Gasteiger partial charge is 0.0595 e. The maximum atomic E-state index is 5.93. The third-order valence-electron chi connectivity index (χ3n) is 2.23. The van der Waals surface area contributed by atoms with Crippen LogP contribution in [0.5, 0.6) is 0 Å². The molecule has 0 aliphatic heterocycles. The molecule has 1 unspecified atom stereocenters. The van der Waals surface area contributed by atoms with Gasteiger partial charge in [0.2, 0.25) is 0 Å². The van der Waals surface area contributed by atoms with Gasteiger partial charge in [-0.05, 0) is 31.0 Å². The van der Waals surface area contributed by atoms with E-state index in [2.05, 4.69) is 17.3 Å². The van der Waals surface area contributed by atoms with E-state index in [-0.39, 0.29) is 6.04 Å². The monoisotopic (exact) mass is 256 g/mol. The van der Waals surface area contributed by atoms with Crippen LogP contribution < -0.4 is 11.3 Å². The minimum atomic E-state index is 0.129. The summed E-state index contributed by atoms with van der Waals surface area (Å²) in [6.45, 7) is 1.81. The van der Waals surface area contributed by atoms with Crippen molar-refractivity contribution < 1.29 is 0 Å². The van der Waals surface area contributed by atoms with E-state index >= 15 is 0 Å². The quantitative estimate of drug-likeness (QED) is 0.494. The van der Waals surface area contributed by atoms with Crippen molar-refractivity contribution in [2.24, 2.45) is 5.84 Å². The lowest BCUT2D eigenvalue weighted by atomic mass is 10.0. The van der Waals surface area contributed by atoms with Crippen LogP contribution in [0.15, 0.2) is 18.2 Å². The Balaban J connectivity index is 2.69. The molecule has 0 saturated heterocycles. The molecule has 0 amide bonds. The Kier molecular flexibility index (Phi) is 5.65. The molecule has 1 rings (SSSR count). The Hall–Kier alpha value is -0.720. The van der Waals surface area contributed by atoms with Gasteiger partial charge >= 0.3 is 0 Å². The molecule has 1 aromatic rings. The van der Waals surface area contributed by atoms with Gasteiger partial charge in [-0.1, -0.05) is 29.3 Å². The van der Waals surface area contributed by atoms with Crippen LogP contribution in [0.1, 0.15) is 18.9 Å². The van der Waals surface area contributed by atoms with Gasteiger partial charge in [0.05, 0.1) is 10.0 Å². The van der Waals surface area contributed by atoms with Crippen molar-refractivity contribution >= 4 is 23.2 Å². The lowest BCUT2D eigenvalue weighted by Gasteiger charge is -2.13. The Morgan fingerprint density at radius 3 is 2.69 bits per heavy atom. The number of rotatable bonds is 4. The second-order valence-electron chi connectivity index (χ2n) is 3.45. The van der Waals surface area contributed by atoms with Gasteiger partial charge in [0.1, 0.15) is 0 Å². The van der Waals surface area contributed by atoms with Gasteiger partial charge in [0, 0.05) is 12.5 Å². The first-order valence-corrected chi connectivity index (χ1v) is 5.72. The first-order chi connectivity index (χ1) is 7.67. The predicted molar refractivity (Wildman–Crippen MR) is 69.3 cm³/mol. The van der Waals surface area contributed by atoms with Crippen molar-refractivity contribution in [2.45, 2.75) is 25.8 Å². The second-order valence-corrected chi connectivity index (χ2v) is 4.26. The Morgan fingerprint density at radius 1 is 1.38 bits per heavy atom. The molecule has 1 atom stereocenters. The van der Waals surface area contributed by atoms with E-state index in [0.29, 0.717) is 16.5 Å². The van der Waals surface area contributed by atoms with Crippen LogP contribution in [0.2, 0.25) is 10.0 Å². The van der Waals surface area contributed by atoms with Crippen molar-refractivity contribution in [1.29, 1.82) is 0 Å². The zero-order valence-corrected chi connectivity index (χ0v) is 10.6. The number of hydrazine groups is 1.